The monoisotopic (exact) mass is 311 g/mol. The Morgan fingerprint density at radius 3 is 2.52 bits per heavy atom. The summed E-state index contributed by atoms with van der Waals surface area (Å²) in [6, 6.07) is 10.4. The van der Waals surface area contributed by atoms with Crippen LogP contribution in [0.15, 0.2) is 30.3 Å². The molecular formula is C16H26ClN3O. The molecule has 0 saturated heterocycles. The van der Waals surface area contributed by atoms with E-state index < -0.39 is 0 Å². The molecule has 0 radical (unpaired) electrons. The van der Waals surface area contributed by atoms with Gasteiger partial charge < -0.3 is 11.1 Å². The summed E-state index contributed by atoms with van der Waals surface area (Å²) < 4.78 is 0. The predicted octanol–water partition coefficient (Wildman–Crippen LogP) is 1.95. The largest absolute Gasteiger partial charge is 0.348 e. The highest BCUT2D eigenvalue weighted by atomic mass is 35.5. The number of halogens is 1. The zero-order valence-electron chi connectivity index (χ0n) is 12.8. The van der Waals surface area contributed by atoms with Gasteiger partial charge in [0.05, 0.1) is 12.6 Å². The van der Waals surface area contributed by atoms with Crippen molar-refractivity contribution in [3.63, 3.8) is 0 Å². The van der Waals surface area contributed by atoms with Gasteiger partial charge in [-0.3, -0.25) is 9.69 Å². The van der Waals surface area contributed by atoms with Gasteiger partial charge in [0.2, 0.25) is 5.91 Å². The minimum atomic E-state index is 0. The van der Waals surface area contributed by atoms with E-state index in [0.29, 0.717) is 25.0 Å². The molecule has 2 unspecified atom stereocenters. The second-order valence-corrected chi connectivity index (χ2v) is 5.76. The van der Waals surface area contributed by atoms with E-state index in [1.807, 2.05) is 44.3 Å². The highest BCUT2D eigenvalue weighted by Crippen LogP contribution is 2.34. The summed E-state index contributed by atoms with van der Waals surface area (Å²) in [6.45, 7) is 3.05. The number of rotatable bonds is 7. The summed E-state index contributed by atoms with van der Waals surface area (Å²) in [4.78, 5) is 14.2. The lowest BCUT2D eigenvalue weighted by molar-refractivity contribution is -0.123. The maximum absolute atomic E-state index is 12.1. The van der Waals surface area contributed by atoms with Crippen molar-refractivity contribution in [2.75, 3.05) is 20.1 Å². The molecule has 21 heavy (non-hydrogen) atoms. The predicted molar refractivity (Wildman–Crippen MR) is 88.4 cm³/mol. The Balaban J connectivity index is 0.00000220. The Kier molecular flexibility index (Phi) is 7.15. The van der Waals surface area contributed by atoms with Gasteiger partial charge in [0, 0.05) is 12.6 Å². The van der Waals surface area contributed by atoms with Gasteiger partial charge in [0.15, 0.2) is 0 Å². The fraction of sp³-hybridized carbons (Fsp3) is 0.562. The van der Waals surface area contributed by atoms with E-state index in [0.717, 1.165) is 5.56 Å². The third-order valence-corrected chi connectivity index (χ3v) is 4.04. The first-order valence-corrected chi connectivity index (χ1v) is 7.36. The van der Waals surface area contributed by atoms with E-state index in [1.54, 1.807) is 0 Å². The van der Waals surface area contributed by atoms with Crippen LogP contribution in [0.2, 0.25) is 0 Å². The minimum absolute atomic E-state index is 0. The Morgan fingerprint density at radius 2 is 2.00 bits per heavy atom. The topological polar surface area (TPSA) is 58.4 Å². The zero-order chi connectivity index (χ0) is 14.5. The molecule has 0 heterocycles. The lowest BCUT2D eigenvalue weighted by Gasteiger charge is -2.27. The normalized spacial score (nSPS) is 17.0. The first-order valence-electron chi connectivity index (χ1n) is 7.36. The van der Waals surface area contributed by atoms with Crippen LogP contribution in [0.3, 0.4) is 0 Å². The van der Waals surface area contributed by atoms with Gasteiger partial charge in [-0.1, -0.05) is 30.3 Å². The van der Waals surface area contributed by atoms with Crippen LogP contribution in [0.4, 0.5) is 0 Å². The number of amides is 1. The molecule has 3 N–H and O–H groups in total. The Hall–Kier alpha value is -1.10. The summed E-state index contributed by atoms with van der Waals surface area (Å²) in [5.74, 6) is 0.743. The van der Waals surface area contributed by atoms with Gasteiger partial charge in [-0.15, -0.1) is 12.4 Å². The Bertz CT molecular complexity index is 436. The lowest BCUT2D eigenvalue weighted by Crippen LogP contribution is -2.45. The standard InChI is InChI=1S/C16H25N3O.ClH/c1-12(13-6-4-3-5-7-13)18-16(20)11-19(2)15(10-17)14-8-9-14;/h3-7,12,14-15H,8-11,17H2,1-2H3,(H,18,20);1H. The molecule has 1 aliphatic rings. The summed E-state index contributed by atoms with van der Waals surface area (Å²) in [5.41, 5.74) is 6.94. The summed E-state index contributed by atoms with van der Waals surface area (Å²) in [6.07, 6.45) is 2.49. The van der Waals surface area contributed by atoms with Crippen LogP contribution < -0.4 is 11.1 Å². The number of likely N-dealkylation sites (N-methyl/N-ethyl adjacent to an activating group) is 1. The molecule has 0 spiro atoms. The maximum atomic E-state index is 12.1. The van der Waals surface area contributed by atoms with Gasteiger partial charge in [-0.25, -0.2) is 0 Å². The molecule has 1 aromatic rings. The SMILES string of the molecule is CC(NC(=O)CN(C)C(CN)C1CC1)c1ccccc1.Cl. The van der Waals surface area contributed by atoms with Crippen LogP contribution in [0, 0.1) is 5.92 Å². The zero-order valence-corrected chi connectivity index (χ0v) is 13.6. The maximum Gasteiger partial charge on any atom is 0.234 e. The number of nitrogens with two attached hydrogens (primary N) is 1. The molecule has 1 aliphatic carbocycles. The number of carbonyl (C=O) groups excluding carboxylic acids is 1. The highest BCUT2D eigenvalue weighted by Gasteiger charge is 2.33. The van der Waals surface area contributed by atoms with Crippen molar-refractivity contribution in [1.29, 1.82) is 0 Å². The van der Waals surface area contributed by atoms with E-state index in [1.165, 1.54) is 12.8 Å². The second kappa shape index (κ2) is 8.37. The van der Waals surface area contributed by atoms with Gasteiger partial charge in [0.25, 0.3) is 0 Å². The molecule has 4 nitrogen and oxygen atoms in total. The Morgan fingerprint density at radius 1 is 1.38 bits per heavy atom. The number of hydrogen-bond acceptors (Lipinski definition) is 3. The van der Waals surface area contributed by atoms with Gasteiger partial charge in [-0.05, 0) is 38.3 Å². The van der Waals surface area contributed by atoms with Crippen LogP contribution in [0.25, 0.3) is 0 Å². The average Bonchev–Trinajstić information content (AvgIpc) is 3.25. The molecule has 1 aromatic carbocycles. The Labute approximate surface area is 133 Å². The van der Waals surface area contributed by atoms with Crippen LogP contribution in [0.1, 0.15) is 31.4 Å². The molecule has 118 valence electrons. The van der Waals surface area contributed by atoms with Crippen molar-refractivity contribution in [2.24, 2.45) is 11.7 Å². The third kappa shape index (κ3) is 5.30. The van der Waals surface area contributed by atoms with Crippen molar-refractivity contribution >= 4 is 18.3 Å². The third-order valence-electron chi connectivity index (χ3n) is 4.04. The number of benzene rings is 1. The smallest absolute Gasteiger partial charge is 0.234 e. The van der Waals surface area contributed by atoms with E-state index in [9.17, 15) is 4.79 Å². The fourth-order valence-electron chi connectivity index (χ4n) is 2.67. The number of carbonyl (C=O) groups is 1. The summed E-state index contributed by atoms with van der Waals surface area (Å²) in [7, 11) is 1.99. The summed E-state index contributed by atoms with van der Waals surface area (Å²) in [5, 5.41) is 3.04. The van der Waals surface area contributed by atoms with Crippen molar-refractivity contribution in [1.82, 2.24) is 10.2 Å². The molecule has 0 aliphatic heterocycles. The van der Waals surface area contributed by atoms with Crippen molar-refractivity contribution in [3.05, 3.63) is 35.9 Å². The number of nitrogens with zero attached hydrogens (tertiary/aromatic N) is 1. The lowest BCUT2D eigenvalue weighted by atomic mass is 10.1. The van der Waals surface area contributed by atoms with E-state index in [2.05, 4.69) is 10.2 Å². The number of hydrogen-bond donors (Lipinski definition) is 2. The quantitative estimate of drug-likeness (QED) is 0.809. The summed E-state index contributed by atoms with van der Waals surface area (Å²) >= 11 is 0. The van der Waals surface area contributed by atoms with Crippen LogP contribution in [0.5, 0.6) is 0 Å². The molecule has 1 saturated carbocycles. The molecule has 1 amide bonds. The van der Waals surface area contributed by atoms with E-state index >= 15 is 0 Å². The second-order valence-electron chi connectivity index (χ2n) is 5.76. The molecule has 5 heteroatoms. The fourth-order valence-corrected chi connectivity index (χ4v) is 2.67. The average molecular weight is 312 g/mol. The highest BCUT2D eigenvalue weighted by molar-refractivity contribution is 5.85. The molecule has 0 aromatic heterocycles. The van der Waals surface area contributed by atoms with Gasteiger partial charge in [-0.2, -0.15) is 0 Å². The van der Waals surface area contributed by atoms with Crippen LogP contribution in [-0.4, -0.2) is 37.0 Å². The van der Waals surface area contributed by atoms with Gasteiger partial charge >= 0.3 is 0 Å². The van der Waals surface area contributed by atoms with Gasteiger partial charge in [0.1, 0.15) is 0 Å². The first-order chi connectivity index (χ1) is 9.61. The van der Waals surface area contributed by atoms with Crippen LogP contribution in [-0.2, 0) is 4.79 Å². The molecule has 1 fully saturated rings. The van der Waals surface area contributed by atoms with Crippen molar-refractivity contribution in [3.8, 4) is 0 Å². The first kappa shape index (κ1) is 18.0. The van der Waals surface area contributed by atoms with E-state index in [4.69, 9.17) is 5.73 Å². The van der Waals surface area contributed by atoms with Crippen molar-refractivity contribution < 1.29 is 4.79 Å². The molecular weight excluding hydrogens is 286 g/mol. The molecule has 2 atom stereocenters. The minimum Gasteiger partial charge on any atom is -0.348 e. The van der Waals surface area contributed by atoms with E-state index in [-0.39, 0.29) is 24.4 Å². The number of nitrogens with one attached hydrogen (secondary N) is 1. The van der Waals surface area contributed by atoms with Crippen molar-refractivity contribution in [2.45, 2.75) is 31.8 Å². The molecule has 0 bridgehead atoms. The van der Waals surface area contributed by atoms with Crippen LogP contribution >= 0.6 is 12.4 Å². The molecule has 2 rings (SSSR count).